The topological polar surface area (TPSA) is 70.2 Å². The summed E-state index contributed by atoms with van der Waals surface area (Å²) in [5, 5.41) is 8.46. The van der Waals surface area contributed by atoms with Crippen molar-refractivity contribution in [3.63, 3.8) is 0 Å². The van der Waals surface area contributed by atoms with Gasteiger partial charge in [0.25, 0.3) is 0 Å². The van der Waals surface area contributed by atoms with E-state index in [2.05, 4.69) is 22.9 Å². The fourth-order valence-electron chi connectivity index (χ4n) is 3.52. The highest BCUT2D eigenvalue weighted by atomic mass is 19.1. The second-order valence-corrected chi connectivity index (χ2v) is 7.54. The molecule has 1 saturated carbocycles. The molecule has 0 spiro atoms. The van der Waals surface area contributed by atoms with Crippen LogP contribution in [0.4, 0.5) is 9.18 Å². The Hall–Kier alpha value is -1.95. The molecule has 0 heterocycles. The Balaban J connectivity index is 1.82. The third-order valence-electron chi connectivity index (χ3n) is 5.06. The molecule has 3 amide bonds. The minimum Gasteiger partial charge on any atom is -0.335 e. The number of rotatable bonds is 6. The van der Waals surface area contributed by atoms with Crippen molar-refractivity contribution in [3.05, 3.63) is 35.6 Å². The van der Waals surface area contributed by atoms with Crippen LogP contribution in [-0.2, 0) is 4.79 Å². The van der Waals surface area contributed by atoms with Crippen molar-refractivity contribution in [2.75, 3.05) is 6.54 Å². The van der Waals surface area contributed by atoms with Gasteiger partial charge in [-0.15, -0.1) is 0 Å². The Labute approximate surface area is 155 Å². The number of hydrogen-bond acceptors (Lipinski definition) is 3. The van der Waals surface area contributed by atoms with E-state index in [1.165, 1.54) is 18.6 Å². The molecule has 0 aromatic heterocycles. The van der Waals surface area contributed by atoms with Crippen molar-refractivity contribution in [1.29, 1.82) is 0 Å². The molecule has 0 aliphatic heterocycles. The van der Waals surface area contributed by atoms with Gasteiger partial charge in [0.2, 0.25) is 5.91 Å². The summed E-state index contributed by atoms with van der Waals surface area (Å²) in [4.78, 5) is 24.1. The smallest absolute Gasteiger partial charge is 0.321 e. The van der Waals surface area contributed by atoms with Gasteiger partial charge in [-0.2, -0.15) is 0 Å². The van der Waals surface area contributed by atoms with Crippen LogP contribution in [0.15, 0.2) is 24.3 Å². The molecule has 144 valence electrons. The third-order valence-corrected chi connectivity index (χ3v) is 5.06. The molecule has 3 atom stereocenters. The van der Waals surface area contributed by atoms with Crippen LogP contribution in [0.2, 0.25) is 0 Å². The van der Waals surface area contributed by atoms with E-state index in [1.54, 1.807) is 12.1 Å². The first-order chi connectivity index (χ1) is 12.4. The van der Waals surface area contributed by atoms with Crippen molar-refractivity contribution in [1.82, 2.24) is 16.0 Å². The summed E-state index contributed by atoms with van der Waals surface area (Å²) in [6.45, 7) is 6.20. The number of amides is 3. The Morgan fingerprint density at radius 3 is 2.42 bits per heavy atom. The highest BCUT2D eigenvalue weighted by Crippen LogP contribution is 2.23. The van der Waals surface area contributed by atoms with Crippen LogP contribution in [0.3, 0.4) is 0 Å². The van der Waals surface area contributed by atoms with E-state index >= 15 is 0 Å². The van der Waals surface area contributed by atoms with Crippen molar-refractivity contribution in [3.8, 4) is 0 Å². The number of halogens is 1. The first-order valence-corrected chi connectivity index (χ1v) is 9.46. The van der Waals surface area contributed by atoms with Crippen molar-refractivity contribution in [2.24, 2.45) is 11.8 Å². The molecule has 1 aromatic rings. The zero-order valence-electron chi connectivity index (χ0n) is 15.8. The Kier molecular flexibility index (Phi) is 7.57. The lowest BCUT2D eigenvalue weighted by Crippen LogP contribution is -2.49. The van der Waals surface area contributed by atoms with Crippen LogP contribution in [0.5, 0.6) is 0 Å². The molecule has 26 heavy (non-hydrogen) atoms. The van der Waals surface area contributed by atoms with E-state index in [-0.39, 0.29) is 36.3 Å². The average Bonchev–Trinajstić information content (AvgIpc) is 2.58. The van der Waals surface area contributed by atoms with E-state index in [0.717, 1.165) is 24.8 Å². The second kappa shape index (κ2) is 9.67. The van der Waals surface area contributed by atoms with Gasteiger partial charge in [-0.1, -0.05) is 45.7 Å². The van der Waals surface area contributed by atoms with Crippen LogP contribution in [0, 0.1) is 17.7 Å². The number of carbonyl (C=O) groups is 2. The van der Waals surface area contributed by atoms with Crippen LogP contribution in [0.1, 0.15) is 58.1 Å². The third kappa shape index (κ3) is 6.09. The molecule has 2 rings (SSSR count). The Morgan fingerprint density at radius 2 is 1.81 bits per heavy atom. The van der Waals surface area contributed by atoms with Gasteiger partial charge in [0.1, 0.15) is 5.82 Å². The van der Waals surface area contributed by atoms with Crippen LogP contribution < -0.4 is 16.0 Å². The molecule has 3 unspecified atom stereocenters. The maximum absolute atomic E-state index is 13.1. The number of nitrogens with one attached hydrogen (secondary N) is 3. The van der Waals surface area contributed by atoms with Crippen molar-refractivity contribution >= 4 is 11.9 Å². The summed E-state index contributed by atoms with van der Waals surface area (Å²) in [7, 11) is 0. The highest BCUT2D eigenvalue weighted by Gasteiger charge is 2.23. The van der Waals surface area contributed by atoms with Gasteiger partial charge >= 0.3 is 6.03 Å². The molecule has 0 saturated heterocycles. The minimum absolute atomic E-state index is 0.0217. The second-order valence-electron chi connectivity index (χ2n) is 7.54. The predicted molar refractivity (Wildman–Crippen MR) is 100 cm³/mol. The van der Waals surface area contributed by atoms with Gasteiger partial charge in [0.05, 0.1) is 6.54 Å². The molecule has 1 fully saturated rings. The summed E-state index contributed by atoms with van der Waals surface area (Å²) in [5.41, 5.74) is 0.912. The van der Waals surface area contributed by atoms with E-state index in [1.807, 2.05) is 13.8 Å². The molecule has 5 nitrogen and oxygen atoms in total. The molecular weight excluding hydrogens is 333 g/mol. The number of carbonyl (C=O) groups excluding carboxylic acids is 2. The van der Waals surface area contributed by atoms with E-state index in [9.17, 15) is 14.0 Å². The predicted octanol–water partition coefficient (Wildman–Crippen LogP) is 3.52. The summed E-state index contributed by atoms with van der Waals surface area (Å²) in [6, 6.07) is 5.84. The van der Waals surface area contributed by atoms with Crippen LogP contribution in [-0.4, -0.2) is 24.5 Å². The lowest BCUT2D eigenvalue weighted by Gasteiger charge is -2.29. The Bertz CT molecular complexity index is 604. The van der Waals surface area contributed by atoms with Gasteiger partial charge in [-0.05, 0) is 42.4 Å². The lowest BCUT2D eigenvalue weighted by molar-refractivity contribution is -0.119. The number of benzene rings is 1. The standard InChI is InChI=1S/C20H30FN3O2/c1-13(2)19(15-8-10-16(21)11-9-15)22-12-18(25)24-20(26)23-17-7-5-4-6-14(17)3/h8-11,13-14,17,19,22H,4-7,12H2,1-3H3,(H2,23,24,25,26). The SMILES string of the molecule is CC(C)C(NCC(=O)NC(=O)NC1CCCCC1C)c1ccc(F)cc1. The van der Waals surface area contributed by atoms with E-state index < -0.39 is 6.03 Å². The maximum Gasteiger partial charge on any atom is 0.321 e. The summed E-state index contributed by atoms with van der Waals surface area (Å²) >= 11 is 0. The number of imide groups is 1. The molecule has 1 aliphatic rings. The normalized spacial score (nSPS) is 21.3. The first kappa shape index (κ1) is 20.4. The summed E-state index contributed by atoms with van der Waals surface area (Å²) < 4.78 is 13.1. The molecule has 1 aromatic carbocycles. The van der Waals surface area contributed by atoms with Crippen molar-refractivity contribution < 1.29 is 14.0 Å². The zero-order chi connectivity index (χ0) is 19.1. The van der Waals surface area contributed by atoms with Crippen molar-refractivity contribution in [2.45, 2.75) is 58.5 Å². The largest absolute Gasteiger partial charge is 0.335 e. The monoisotopic (exact) mass is 363 g/mol. The maximum atomic E-state index is 13.1. The lowest BCUT2D eigenvalue weighted by atomic mass is 9.86. The number of urea groups is 1. The van der Waals surface area contributed by atoms with Crippen LogP contribution in [0.25, 0.3) is 0 Å². The quantitative estimate of drug-likeness (QED) is 0.724. The first-order valence-electron chi connectivity index (χ1n) is 9.46. The fraction of sp³-hybridized carbons (Fsp3) is 0.600. The summed E-state index contributed by atoms with van der Waals surface area (Å²) in [6.07, 6.45) is 4.37. The van der Waals surface area contributed by atoms with E-state index in [4.69, 9.17) is 0 Å². The van der Waals surface area contributed by atoms with Gasteiger partial charge in [-0.3, -0.25) is 10.1 Å². The molecule has 0 radical (unpaired) electrons. The number of hydrogen-bond donors (Lipinski definition) is 3. The summed E-state index contributed by atoms with van der Waals surface area (Å²) in [5.74, 6) is -0.0157. The van der Waals surface area contributed by atoms with Crippen LogP contribution >= 0.6 is 0 Å². The van der Waals surface area contributed by atoms with Gasteiger partial charge < -0.3 is 10.6 Å². The average molecular weight is 363 g/mol. The fourth-order valence-corrected chi connectivity index (χ4v) is 3.52. The molecule has 3 N–H and O–H groups in total. The molecular formula is C20H30FN3O2. The molecule has 6 heteroatoms. The Morgan fingerprint density at radius 1 is 1.15 bits per heavy atom. The van der Waals surface area contributed by atoms with Gasteiger partial charge in [-0.25, -0.2) is 9.18 Å². The van der Waals surface area contributed by atoms with Gasteiger partial charge in [0, 0.05) is 12.1 Å². The van der Waals surface area contributed by atoms with Gasteiger partial charge in [0.15, 0.2) is 0 Å². The highest BCUT2D eigenvalue weighted by molar-refractivity contribution is 5.95. The van der Waals surface area contributed by atoms with E-state index in [0.29, 0.717) is 5.92 Å². The molecule has 1 aliphatic carbocycles. The zero-order valence-corrected chi connectivity index (χ0v) is 15.8. The minimum atomic E-state index is -0.432. The molecule has 0 bridgehead atoms.